The second-order valence-corrected chi connectivity index (χ2v) is 7.55. The molecule has 0 spiro atoms. The molecule has 33 heavy (non-hydrogen) atoms. The number of carbonyl (C=O) groups is 1. The fourth-order valence-corrected chi connectivity index (χ4v) is 4.26. The van der Waals surface area contributed by atoms with E-state index in [1.165, 1.54) is 0 Å². The summed E-state index contributed by atoms with van der Waals surface area (Å²) in [5, 5.41) is 9.59. The molecule has 1 heterocycles. The first-order valence-electron chi connectivity index (χ1n) is 10.6. The first kappa shape index (κ1) is 22.2. The van der Waals surface area contributed by atoms with Crippen LogP contribution in [0.25, 0.3) is 22.6 Å². The van der Waals surface area contributed by atoms with Crippen LogP contribution in [-0.4, -0.2) is 38.9 Å². The van der Waals surface area contributed by atoms with Crippen molar-refractivity contribution >= 4 is 28.5 Å². The highest BCUT2D eigenvalue weighted by atomic mass is 16.5. The molecule has 0 saturated carbocycles. The second kappa shape index (κ2) is 9.61. The van der Waals surface area contributed by atoms with E-state index in [1.807, 2.05) is 48.5 Å². The third-order valence-electron chi connectivity index (χ3n) is 5.67. The Balaban J connectivity index is 1.90. The molecule has 0 N–H and O–H groups in total. The van der Waals surface area contributed by atoms with Gasteiger partial charge in [0.25, 0.3) is 0 Å². The predicted molar refractivity (Wildman–Crippen MR) is 125 cm³/mol. The van der Waals surface area contributed by atoms with E-state index in [9.17, 15) is 4.79 Å². The molecule has 0 fully saturated rings. The van der Waals surface area contributed by atoms with Crippen LogP contribution in [0.2, 0.25) is 0 Å². The number of pyridine rings is 1. The molecule has 7 nitrogen and oxygen atoms in total. The Bertz CT molecular complexity index is 1260. The molecule has 3 aromatic rings. The van der Waals surface area contributed by atoms with Crippen LogP contribution in [0.3, 0.4) is 0 Å². The second-order valence-electron chi connectivity index (χ2n) is 7.55. The quantitative estimate of drug-likeness (QED) is 0.504. The zero-order valence-corrected chi connectivity index (χ0v) is 18.8. The van der Waals surface area contributed by atoms with Gasteiger partial charge in [-0.3, -0.25) is 0 Å². The van der Waals surface area contributed by atoms with E-state index in [0.29, 0.717) is 34.7 Å². The minimum absolute atomic E-state index is 0.293. The molecule has 0 saturated heterocycles. The summed E-state index contributed by atoms with van der Waals surface area (Å²) in [7, 11) is 4.73. The average Bonchev–Trinajstić information content (AvgIpc) is 2.85. The summed E-state index contributed by atoms with van der Waals surface area (Å²) >= 11 is 0. The molecule has 0 radical (unpaired) electrons. The number of methoxy groups -OCH3 is 3. The van der Waals surface area contributed by atoms with Gasteiger partial charge in [0, 0.05) is 5.39 Å². The molecular weight excluding hydrogens is 420 g/mol. The van der Waals surface area contributed by atoms with Gasteiger partial charge in [-0.25, -0.2) is 9.78 Å². The van der Waals surface area contributed by atoms with Crippen LogP contribution in [0.1, 0.15) is 40.0 Å². The summed E-state index contributed by atoms with van der Waals surface area (Å²) in [6.45, 7) is -0.293. The van der Waals surface area contributed by atoms with Crippen LogP contribution in [0.4, 0.5) is 0 Å². The van der Waals surface area contributed by atoms with Gasteiger partial charge < -0.3 is 18.9 Å². The molecule has 1 aromatic heterocycles. The largest absolute Gasteiger partial charge is 0.493 e. The van der Waals surface area contributed by atoms with Crippen molar-refractivity contribution in [1.29, 1.82) is 5.26 Å². The van der Waals surface area contributed by atoms with Crippen molar-refractivity contribution in [3.8, 4) is 23.3 Å². The van der Waals surface area contributed by atoms with Crippen LogP contribution < -0.4 is 14.2 Å². The van der Waals surface area contributed by atoms with Gasteiger partial charge in [-0.05, 0) is 60.2 Å². The lowest BCUT2D eigenvalue weighted by Crippen LogP contribution is -2.15. The molecule has 1 aliphatic carbocycles. The molecule has 7 heteroatoms. The van der Waals surface area contributed by atoms with Gasteiger partial charge in [-0.1, -0.05) is 18.2 Å². The Morgan fingerprint density at radius 2 is 1.82 bits per heavy atom. The average molecular weight is 444 g/mol. The number of para-hydroxylation sites is 1. The number of carbonyl (C=O) groups excluding carboxylic acids is 1. The maximum Gasteiger partial charge on any atom is 0.340 e. The Morgan fingerprint density at radius 1 is 1.09 bits per heavy atom. The smallest absolute Gasteiger partial charge is 0.340 e. The van der Waals surface area contributed by atoms with Crippen molar-refractivity contribution in [2.45, 2.75) is 19.3 Å². The zero-order chi connectivity index (χ0) is 23.4. The summed E-state index contributed by atoms with van der Waals surface area (Å²) in [6.07, 6.45) is 4.41. The number of nitriles is 1. The van der Waals surface area contributed by atoms with Gasteiger partial charge in [0.05, 0.1) is 38.1 Å². The van der Waals surface area contributed by atoms with Crippen LogP contribution >= 0.6 is 0 Å². The third-order valence-corrected chi connectivity index (χ3v) is 5.67. The van der Waals surface area contributed by atoms with Crippen LogP contribution in [0.15, 0.2) is 36.4 Å². The Hall–Kier alpha value is -4.05. The molecule has 0 atom stereocenters. The number of benzene rings is 2. The minimum Gasteiger partial charge on any atom is -0.493 e. The number of rotatable bonds is 6. The molecule has 168 valence electrons. The van der Waals surface area contributed by atoms with Crippen molar-refractivity contribution in [2.24, 2.45) is 0 Å². The van der Waals surface area contributed by atoms with Crippen LogP contribution in [-0.2, 0) is 11.2 Å². The van der Waals surface area contributed by atoms with Crippen molar-refractivity contribution in [3.63, 3.8) is 0 Å². The number of allylic oxidation sites excluding steroid dienone is 1. The Labute approximate surface area is 192 Å². The van der Waals surface area contributed by atoms with E-state index in [-0.39, 0.29) is 6.61 Å². The molecular formula is C26H24N2O5. The van der Waals surface area contributed by atoms with E-state index in [4.69, 9.17) is 29.2 Å². The van der Waals surface area contributed by atoms with Gasteiger partial charge in [-0.15, -0.1) is 0 Å². The number of nitrogens with zero attached hydrogens (tertiary/aromatic N) is 2. The number of hydrogen-bond acceptors (Lipinski definition) is 7. The van der Waals surface area contributed by atoms with E-state index in [2.05, 4.69) is 0 Å². The van der Waals surface area contributed by atoms with Crippen molar-refractivity contribution < 1.29 is 23.7 Å². The number of fused-ring (bicyclic) bond motifs is 2. The number of esters is 1. The number of ether oxygens (including phenoxy) is 4. The van der Waals surface area contributed by atoms with Crippen molar-refractivity contribution in [3.05, 3.63) is 58.8 Å². The summed E-state index contributed by atoms with van der Waals surface area (Å²) in [4.78, 5) is 17.8. The standard InChI is InChI=1S/C26H24N2O5/c1-30-21-14-16(15-22(31-2)25(21)32-3)13-17-7-6-9-19-23(26(29)33-12-11-27)18-8-4-5-10-20(18)28-24(17)19/h4-5,8,10,13-15H,6-7,9,12H2,1-3H3/b17-13+. The molecule has 0 unspecified atom stereocenters. The SMILES string of the molecule is COc1cc(/C=C2\CCCc3c2nc2ccccc2c3C(=O)OCC#N)cc(OC)c1OC. The summed E-state index contributed by atoms with van der Waals surface area (Å²) in [5.74, 6) is 1.15. The monoisotopic (exact) mass is 444 g/mol. The lowest BCUT2D eigenvalue weighted by Gasteiger charge is -2.22. The Kier molecular flexibility index (Phi) is 6.45. The third kappa shape index (κ3) is 4.20. The first-order valence-corrected chi connectivity index (χ1v) is 10.6. The lowest BCUT2D eigenvalue weighted by molar-refractivity contribution is 0.0556. The van der Waals surface area contributed by atoms with Crippen LogP contribution in [0, 0.1) is 11.3 Å². The van der Waals surface area contributed by atoms with E-state index >= 15 is 0 Å². The minimum atomic E-state index is -0.500. The maximum atomic E-state index is 12.9. The number of aromatic nitrogens is 1. The molecule has 0 aliphatic heterocycles. The first-order chi connectivity index (χ1) is 16.1. The van der Waals surface area contributed by atoms with Gasteiger partial charge in [0.1, 0.15) is 6.07 Å². The molecule has 0 bridgehead atoms. The lowest BCUT2D eigenvalue weighted by atomic mass is 9.86. The summed E-state index contributed by atoms with van der Waals surface area (Å²) < 4.78 is 21.6. The van der Waals surface area contributed by atoms with Crippen molar-refractivity contribution in [1.82, 2.24) is 4.98 Å². The van der Waals surface area contributed by atoms with Crippen molar-refractivity contribution in [2.75, 3.05) is 27.9 Å². The van der Waals surface area contributed by atoms with E-state index < -0.39 is 5.97 Å². The summed E-state index contributed by atoms with van der Waals surface area (Å²) in [5.41, 5.74) is 4.69. The zero-order valence-electron chi connectivity index (χ0n) is 18.8. The normalized spacial score (nSPS) is 13.8. The highest BCUT2D eigenvalue weighted by Gasteiger charge is 2.26. The van der Waals surface area contributed by atoms with E-state index in [1.54, 1.807) is 21.3 Å². The molecule has 0 amide bonds. The molecule has 2 aromatic carbocycles. The van der Waals surface area contributed by atoms with Crippen LogP contribution in [0.5, 0.6) is 17.2 Å². The Morgan fingerprint density at radius 3 is 2.48 bits per heavy atom. The fourth-order valence-electron chi connectivity index (χ4n) is 4.26. The fraction of sp³-hybridized carbons (Fsp3) is 0.269. The van der Waals surface area contributed by atoms with Gasteiger partial charge in [-0.2, -0.15) is 5.26 Å². The van der Waals surface area contributed by atoms with Gasteiger partial charge >= 0.3 is 5.97 Å². The highest BCUT2D eigenvalue weighted by molar-refractivity contribution is 6.06. The van der Waals surface area contributed by atoms with Gasteiger partial charge in [0.15, 0.2) is 18.1 Å². The van der Waals surface area contributed by atoms with Gasteiger partial charge in [0.2, 0.25) is 5.75 Å². The number of hydrogen-bond donors (Lipinski definition) is 0. The molecule has 4 rings (SSSR count). The topological polar surface area (TPSA) is 90.7 Å². The highest BCUT2D eigenvalue weighted by Crippen LogP contribution is 2.41. The molecule has 1 aliphatic rings. The predicted octanol–water partition coefficient (Wildman–Crippen LogP) is 4.82. The summed E-state index contributed by atoms with van der Waals surface area (Å²) in [6, 6.07) is 13.1. The van der Waals surface area contributed by atoms with E-state index in [0.717, 1.165) is 40.6 Å². The maximum absolute atomic E-state index is 12.9.